The zero-order chi connectivity index (χ0) is 14.7. The smallest absolute Gasteiger partial charge is 0.289 e. The number of nitrogens with zero attached hydrogens (tertiary/aromatic N) is 2. The van der Waals surface area contributed by atoms with E-state index < -0.39 is 0 Å². The van der Waals surface area contributed by atoms with E-state index >= 15 is 0 Å². The van der Waals surface area contributed by atoms with Crippen LogP contribution in [0.4, 0.5) is 0 Å². The Morgan fingerprint density at radius 3 is 2.70 bits per heavy atom. The number of hydrogen-bond donors (Lipinski definition) is 0. The monoisotopic (exact) mass is 332 g/mol. The maximum absolute atomic E-state index is 11.8. The van der Waals surface area contributed by atoms with Crippen LogP contribution in [0.2, 0.25) is 15.1 Å². The van der Waals surface area contributed by atoms with Gasteiger partial charge in [0.25, 0.3) is 5.56 Å². The summed E-state index contributed by atoms with van der Waals surface area (Å²) >= 11 is 17.8. The summed E-state index contributed by atoms with van der Waals surface area (Å²) in [5.41, 5.74) is 0.362. The van der Waals surface area contributed by atoms with Gasteiger partial charge in [0.15, 0.2) is 10.8 Å². The highest BCUT2D eigenvalue weighted by Gasteiger charge is 2.10. The molecule has 0 aliphatic carbocycles. The van der Waals surface area contributed by atoms with E-state index in [0.29, 0.717) is 16.6 Å². The molecule has 0 N–H and O–H groups in total. The molecule has 20 heavy (non-hydrogen) atoms. The molecule has 0 unspecified atom stereocenters. The van der Waals surface area contributed by atoms with Crippen molar-refractivity contribution in [3.8, 4) is 5.75 Å². The minimum absolute atomic E-state index is 0.00642. The third kappa shape index (κ3) is 3.26. The van der Waals surface area contributed by atoms with Gasteiger partial charge in [0.05, 0.1) is 6.20 Å². The first-order valence-electron chi connectivity index (χ1n) is 5.85. The maximum Gasteiger partial charge on any atom is 0.289 e. The Bertz CT molecular complexity index is 686. The lowest BCUT2D eigenvalue weighted by molar-refractivity contribution is 0.302. The van der Waals surface area contributed by atoms with Crippen LogP contribution in [0.1, 0.15) is 12.5 Å². The first-order valence-corrected chi connectivity index (χ1v) is 6.98. The van der Waals surface area contributed by atoms with Crippen molar-refractivity contribution in [2.45, 2.75) is 20.1 Å². The van der Waals surface area contributed by atoms with Crippen LogP contribution in [0.15, 0.2) is 29.2 Å². The van der Waals surface area contributed by atoms with Gasteiger partial charge in [-0.2, -0.15) is 5.10 Å². The molecule has 0 aliphatic rings. The Balaban J connectivity index is 2.19. The fourth-order valence-electron chi connectivity index (χ4n) is 1.57. The Morgan fingerprint density at radius 2 is 2.05 bits per heavy atom. The molecule has 0 atom stereocenters. The number of halogens is 3. The molecule has 0 radical (unpaired) electrons. The summed E-state index contributed by atoms with van der Waals surface area (Å²) in [5, 5.41) is 4.99. The molecule has 0 fully saturated rings. The van der Waals surface area contributed by atoms with E-state index in [1.54, 1.807) is 25.1 Å². The van der Waals surface area contributed by atoms with Crippen molar-refractivity contribution in [3.05, 3.63) is 55.4 Å². The van der Waals surface area contributed by atoms with Crippen LogP contribution in [0.3, 0.4) is 0 Å². The lowest BCUT2D eigenvalue weighted by Crippen LogP contribution is -2.22. The summed E-state index contributed by atoms with van der Waals surface area (Å²) in [6.45, 7) is 2.42. The standard InChI is InChI=1S/C13H11Cl3N2O2/c1-2-18-13(19)12(16)11(6-17-18)20-7-8-3-4-9(14)5-10(8)15/h3-6H,2,7H2,1H3. The van der Waals surface area contributed by atoms with E-state index in [0.717, 1.165) is 5.56 Å². The highest BCUT2D eigenvalue weighted by atomic mass is 35.5. The largest absolute Gasteiger partial charge is 0.485 e. The van der Waals surface area contributed by atoms with Crippen LogP contribution < -0.4 is 10.3 Å². The highest BCUT2D eigenvalue weighted by molar-refractivity contribution is 6.35. The lowest BCUT2D eigenvalue weighted by Gasteiger charge is -2.10. The zero-order valence-corrected chi connectivity index (χ0v) is 12.8. The van der Waals surface area contributed by atoms with Crippen molar-refractivity contribution in [1.82, 2.24) is 9.78 Å². The fraction of sp³-hybridized carbons (Fsp3) is 0.231. The summed E-state index contributed by atoms with van der Waals surface area (Å²) in [6.07, 6.45) is 1.41. The molecule has 2 rings (SSSR count). The molecule has 106 valence electrons. The Kier molecular flexibility index (Phi) is 4.91. The predicted octanol–water partition coefficient (Wildman–Crippen LogP) is 3.80. The SMILES string of the molecule is CCn1ncc(OCc2ccc(Cl)cc2Cl)c(Cl)c1=O. The van der Waals surface area contributed by atoms with Gasteiger partial charge in [-0.25, -0.2) is 4.68 Å². The lowest BCUT2D eigenvalue weighted by atomic mass is 10.2. The van der Waals surface area contributed by atoms with Gasteiger partial charge < -0.3 is 4.74 Å². The highest BCUT2D eigenvalue weighted by Crippen LogP contribution is 2.24. The first kappa shape index (κ1) is 15.2. The topological polar surface area (TPSA) is 44.1 Å². The van der Waals surface area contributed by atoms with E-state index in [4.69, 9.17) is 39.5 Å². The molecular formula is C13H11Cl3N2O2. The molecule has 0 aliphatic heterocycles. The van der Waals surface area contributed by atoms with Gasteiger partial charge in [-0.15, -0.1) is 0 Å². The normalized spacial score (nSPS) is 10.6. The number of aromatic nitrogens is 2. The van der Waals surface area contributed by atoms with Gasteiger partial charge in [-0.05, 0) is 19.1 Å². The first-order chi connectivity index (χ1) is 9.52. The molecule has 7 heteroatoms. The van der Waals surface area contributed by atoms with Gasteiger partial charge in [0.2, 0.25) is 0 Å². The number of benzene rings is 1. The van der Waals surface area contributed by atoms with E-state index in [9.17, 15) is 4.79 Å². The fourth-order valence-corrected chi connectivity index (χ4v) is 2.23. The Labute approximate surface area is 130 Å². The summed E-state index contributed by atoms with van der Waals surface area (Å²) in [5.74, 6) is 0.229. The van der Waals surface area contributed by atoms with Crippen LogP contribution in [-0.4, -0.2) is 9.78 Å². The molecule has 0 saturated carbocycles. The maximum atomic E-state index is 11.8. The minimum Gasteiger partial charge on any atom is -0.485 e. The predicted molar refractivity (Wildman–Crippen MR) is 80.0 cm³/mol. The van der Waals surface area contributed by atoms with Crippen LogP contribution in [0.25, 0.3) is 0 Å². The van der Waals surface area contributed by atoms with E-state index in [2.05, 4.69) is 5.10 Å². The second-order valence-electron chi connectivity index (χ2n) is 3.97. The van der Waals surface area contributed by atoms with E-state index in [1.807, 2.05) is 0 Å². The Hall–Kier alpha value is -1.23. The van der Waals surface area contributed by atoms with Gasteiger partial charge in [0, 0.05) is 22.2 Å². The zero-order valence-electron chi connectivity index (χ0n) is 10.6. The molecule has 0 bridgehead atoms. The number of rotatable bonds is 4. The number of aryl methyl sites for hydroxylation is 1. The summed E-state index contributed by atoms with van der Waals surface area (Å²) < 4.78 is 6.74. The second-order valence-corrected chi connectivity index (χ2v) is 5.19. The molecule has 0 spiro atoms. The van der Waals surface area contributed by atoms with Crippen molar-refractivity contribution in [3.63, 3.8) is 0 Å². The van der Waals surface area contributed by atoms with Crippen molar-refractivity contribution in [1.29, 1.82) is 0 Å². The van der Waals surface area contributed by atoms with Crippen LogP contribution in [0.5, 0.6) is 5.75 Å². The van der Waals surface area contributed by atoms with E-state index in [1.165, 1.54) is 10.9 Å². The quantitative estimate of drug-likeness (QED) is 0.855. The van der Waals surface area contributed by atoms with Crippen LogP contribution >= 0.6 is 34.8 Å². The molecule has 0 amide bonds. The molecule has 1 heterocycles. The molecule has 4 nitrogen and oxygen atoms in total. The molecular weight excluding hydrogens is 323 g/mol. The van der Waals surface area contributed by atoms with Crippen LogP contribution in [0, 0.1) is 0 Å². The van der Waals surface area contributed by atoms with Gasteiger partial charge >= 0.3 is 0 Å². The van der Waals surface area contributed by atoms with Crippen molar-refractivity contribution in [2.75, 3.05) is 0 Å². The third-order valence-corrected chi connectivity index (χ3v) is 3.59. The van der Waals surface area contributed by atoms with Crippen LogP contribution in [-0.2, 0) is 13.2 Å². The van der Waals surface area contributed by atoms with E-state index in [-0.39, 0.29) is 22.9 Å². The second kappa shape index (κ2) is 6.48. The van der Waals surface area contributed by atoms with Crippen molar-refractivity contribution < 1.29 is 4.74 Å². The molecule has 1 aromatic carbocycles. The average Bonchev–Trinajstić information content (AvgIpc) is 2.42. The van der Waals surface area contributed by atoms with Gasteiger partial charge in [-0.3, -0.25) is 4.79 Å². The summed E-state index contributed by atoms with van der Waals surface area (Å²) in [7, 11) is 0. The number of ether oxygens (including phenoxy) is 1. The van der Waals surface area contributed by atoms with Gasteiger partial charge in [-0.1, -0.05) is 40.9 Å². The average molecular weight is 334 g/mol. The molecule has 2 aromatic rings. The molecule has 1 aromatic heterocycles. The summed E-state index contributed by atoms with van der Waals surface area (Å²) in [4.78, 5) is 11.8. The molecule has 0 saturated heterocycles. The summed E-state index contributed by atoms with van der Waals surface area (Å²) in [6, 6.07) is 5.08. The minimum atomic E-state index is -0.381. The third-order valence-electron chi connectivity index (χ3n) is 2.65. The Morgan fingerprint density at radius 1 is 1.30 bits per heavy atom. The van der Waals surface area contributed by atoms with Gasteiger partial charge in [0.1, 0.15) is 6.61 Å². The number of hydrogen-bond acceptors (Lipinski definition) is 3. The van der Waals surface area contributed by atoms with Crippen molar-refractivity contribution in [2.24, 2.45) is 0 Å². The van der Waals surface area contributed by atoms with Crippen molar-refractivity contribution >= 4 is 34.8 Å².